The van der Waals surface area contributed by atoms with Gasteiger partial charge < -0.3 is 10.6 Å². The first kappa shape index (κ1) is 19.9. The molecular weight excluding hydrogens is 419 g/mol. The van der Waals surface area contributed by atoms with Crippen molar-refractivity contribution in [2.75, 3.05) is 7.05 Å². The Balaban J connectivity index is 0.00000264. The van der Waals surface area contributed by atoms with E-state index in [9.17, 15) is 0 Å². The van der Waals surface area contributed by atoms with Gasteiger partial charge in [-0.3, -0.25) is 9.98 Å². The van der Waals surface area contributed by atoms with Crippen LogP contribution in [-0.2, 0) is 13.0 Å². The first-order chi connectivity index (χ1) is 10.6. The van der Waals surface area contributed by atoms with Crippen LogP contribution in [0.1, 0.15) is 28.1 Å². The van der Waals surface area contributed by atoms with Crippen LogP contribution in [0.5, 0.6) is 0 Å². The first-order valence-corrected chi connectivity index (χ1v) is 8.33. The minimum Gasteiger partial charge on any atom is -0.354 e. The highest BCUT2D eigenvalue weighted by molar-refractivity contribution is 14.0. The minimum absolute atomic E-state index is 0. The normalized spacial score (nSPS) is 12.4. The van der Waals surface area contributed by atoms with Crippen molar-refractivity contribution in [1.82, 2.24) is 15.6 Å². The molecule has 0 aliphatic heterocycles. The number of hydrogen-bond donors (Lipinski definition) is 2. The van der Waals surface area contributed by atoms with E-state index in [-0.39, 0.29) is 24.0 Å². The topological polar surface area (TPSA) is 49.3 Å². The number of nitrogens with one attached hydrogen (secondary N) is 2. The van der Waals surface area contributed by atoms with E-state index in [1.54, 1.807) is 7.05 Å². The van der Waals surface area contributed by atoms with Gasteiger partial charge in [0.05, 0.1) is 12.2 Å². The lowest BCUT2D eigenvalue weighted by Crippen LogP contribution is -2.42. The summed E-state index contributed by atoms with van der Waals surface area (Å²) >= 11 is 1.85. The number of rotatable bonds is 5. The third-order valence-corrected chi connectivity index (χ3v) is 4.32. The van der Waals surface area contributed by atoms with Gasteiger partial charge in [-0.25, -0.2) is 0 Å². The Morgan fingerprint density at radius 1 is 1.26 bits per heavy atom. The van der Waals surface area contributed by atoms with E-state index in [0.717, 1.165) is 23.8 Å². The fraction of sp³-hybridized carbons (Fsp3) is 0.412. The Bertz CT molecular complexity index is 639. The van der Waals surface area contributed by atoms with E-state index >= 15 is 0 Å². The summed E-state index contributed by atoms with van der Waals surface area (Å²) in [5.74, 6) is 0.809. The number of aromatic nitrogens is 1. The van der Waals surface area contributed by atoms with E-state index in [0.29, 0.717) is 12.6 Å². The van der Waals surface area contributed by atoms with Crippen molar-refractivity contribution in [1.29, 1.82) is 0 Å². The van der Waals surface area contributed by atoms with Crippen molar-refractivity contribution in [2.24, 2.45) is 4.99 Å². The maximum atomic E-state index is 4.49. The Morgan fingerprint density at radius 2 is 2.04 bits per heavy atom. The molecule has 2 rings (SSSR count). The number of halogens is 1. The molecule has 0 saturated carbocycles. The highest BCUT2D eigenvalue weighted by atomic mass is 127. The Labute approximate surface area is 159 Å². The molecule has 2 heterocycles. The summed E-state index contributed by atoms with van der Waals surface area (Å²) in [6.07, 6.45) is 1.00. The molecule has 0 aliphatic carbocycles. The van der Waals surface area contributed by atoms with Crippen molar-refractivity contribution < 1.29 is 0 Å². The van der Waals surface area contributed by atoms with Crippen LogP contribution in [0.2, 0.25) is 0 Å². The van der Waals surface area contributed by atoms with Gasteiger partial charge in [-0.1, -0.05) is 6.07 Å². The average molecular weight is 444 g/mol. The van der Waals surface area contributed by atoms with Crippen LogP contribution in [0.15, 0.2) is 35.3 Å². The number of thiophene rings is 1. The van der Waals surface area contributed by atoms with Crippen molar-refractivity contribution in [3.8, 4) is 0 Å². The number of nitrogens with zero attached hydrogens (tertiary/aromatic N) is 2. The summed E-state index contributed by atoms with van der Waals surface area (Å²) < 4.78 is 0. The van der Waals surface area contributed by atoms with Gasteiger partial charge in [0.2, 0.25) is 0 Å². The van der Waals surface area contributed by atoms with Gasteiger partial charge in [0.15, 0.2) is 5.96 Å². The smallest absolute Gasteiger partial charge is 0.191 e. The Morgan fingerprint density at radius 3 is 2.65 bits per heavy atom. The van der Waals surface area contributed by atoms with Crippen LogP contribution in [0.3, 0.4) is 0 Å². The molecule has 1 atom stereocenters. The zero-order chi connectivity index (χ0) is 15.9. The SMILES string of the molecule is CN=C(NCc1cccc(C)n1)NC(C)Cc1ccc(C)s1.I. The molecule has 0 aliphatic rings. The molecule has 6 heteroatoms. The van der Waals surface area contributed by atoms with E-state index < -0.39 is 0 Å². The fourth-order valence-corrected chi connectivity index (χ4v) is 3.27. The summed E-state index contributed by atoms with van der Waals surface area (Å²) in [5, 5.41) is 6.74. The van der Waals surface area contributed by atoms with E-state index in [4.69, 9.17) is 0 Å². The lowest BCUT2D eigenvalue weighted by Gasteiger charge is -2.17. The molecule has 0 amide bonds. The third kappa shape index (κ3) is 6.87. The monoisotopic (exact) mass is 444 g/mol. The molecule has 2 aromatic heterocycles. The standard InChI is InChI=1S/C17H24N4S.HI/c1-12-6-5-7-15(20-12)11-19-17(18-4)21-13(2)10-16-9-8-14(3)22-16;/h5-9,13H,10-11H2,1-4H3,(H2,18,19,21);1H. The lowest BCUT2D eigenvalue weighted by atomic mass is 10.2. The quantitative estimate of drug-likeness (QED) is 0.421. The van der Waals surface area contributed by atoms with Crippen LogP contribution in [0.4, 0.5) is 0 Å². The van der Waals surface area contributed by atoms with Crippen LogP contribution in [0, 0.1) is 13.8 Å². The summed E-state index contributed by atoms with van der Waals surface area (Å²) in [7, 11) is 1.79. The number of pyridine rings is 1. The second-order valence-corrected chi connectivity index (χ2v) is 6.83. The summed E-state index contributed by atoms with van der Waals surface area (Å²) in [6, 6.07) is 10.7. The number of hydrogen-bond acceptors (Lipinski definition) is 3. The van der Waals surface area contributed by atoms with Crippen molar-refractivity contribution in [3.63, 3.8) is 0 Å². The van der Waals surface area contributed by atoms with Crippen LogP contribution in [0.25, 0.3) is 0 Å². The number of aliphatic imine (C=N–C) groups is 1. The van der Waals surface area contributed by atoms with E-state index in [1.165, 1.54) is 9.75 Å². The molecule has 0 radical (unpaired) electrons. The van der Waals surface area contributed by atoms with Gasteiger partial charge in [0.1, 0.15) is 0 Å². The summed E-state index contributed by atoms with van der Waals surface area (Å²) in [6.45, 7) is 6.99. The largest absolute Gasteiger partial charge is 0.354 e. The average Bonchev–Trinajstić information content (AvgIpc) is 2.88. The van der Waals surface area contributed by atoms with E-state index in [1.807, 2.05) is 36.5 Å². The highest BCUT2D eigenvalue weighted by Crippen LogP contribution is 2.16. The number of guanidine groups is 1. The van der Waals surface area contributed by atoms with Gasteiger partial charge in [-0.15, -0.1) is 35.3 Å². The molecule has 0 spiro atoms. The second kappa shape index (κ2) is 9.87. The Hall–Kier alpha value is -1.15. The molecule has 4 nitrogen and oxygen atoms in total. The predicted molar refractivity (Wildman–Crippen MR) is 110 cm³/mol. The van der Waals surface area contributed by atoms with E-state index in [2.05, 4.69) is 46.6 Å². The molecule has 126 valence electrons. The van der Waals surface area contributed by atoms with Gasteiger partial charge >= 0.3 is 0 Å². The van der Waals surface area contributed by atoms with Crippen molar-refractivity contribution in [3.05, 3.63) is 51.5 Å². The lowest BCUT2D eigenvalue weighted by molar-refractivity contribution is 0.643. The van der Waals surface area contributed by atoms with Gasteiger partial charge in [0, 0.05) is 35.0 Å². The van der Waals surface area contributed by atoms with Crippen LogP contribution >= 0.6 is 35.3 Å². The molecule has 0 bridgehead atoms. The molecule has 2 aromatic rings. The molecule has 1 unspecified atom stereocenters. The molecule has 2 N–H and O–H groups in total. The highest BCUT2D eigenvalue weighted by Gasteiger charge is 2.08. The maximum absolute atomic E-state index is 4.49. The first-order valence-electron chi connectivity index (χ1n) is 7.52. The third-order valence-electron chi connectivity index (χ3n) is 3.29. The van der Waals surface area contributed by atoms with Crippen molar-refractivity contribution >= 4 is 41.3 Å². The minimum atomic E-state index is 0. The number of aryl methyl sites for hydroxylation is 2. The molecule has 23 heavy (non-hydrogen) atoms. The zero-order valence-corrected chi connectivity index (χ0v) is 17.2. The molecular formula is C17H25IN4S. The van der Waals surface area contributed by atoms with Crippen LogP contribution in [-0.4, -0.2) is 24.0 Å². The Kier molecular flexibility index (Phi) is 8.54. The molecule has 0 saturated heterocycles. The summed E-state index contributed by atoms with van der Waals surface area (Å²) in [5.41, 5.74) is 2.05. The second-order valence-electron chi connectivity index (χ2n) is 5.46. The van der Waals surface area contributed by atoms with Gasteiger partial charge in [0.25, 0.3) is 0 Å². The predicted octanol–water partition coefficient (Wildman–Crippen LogP) is 3.67. The van der Waals surface area contributed by atoms with Gasteiger partial charge in [-0.05, 0) is 45.0 Å². The maximum Gasteiger partial charge on any atom is 0.191 e. The van der Waals surface area contributed by atoms with Crippen LogP contribution < -0.4 is 10.6 Å². The molecule has 0 fully saturated rings. The fourth-order valence-electron chi connectivity index (χ4n) is 2.25. The summed E-state index contributed by atoms with van der Waals surface area (Å²) in [4.78, 5) is 11.5. The molecule has 0 aromatic carbocycles. The van der Waals surface area contributed by atoms with Gasteiger partial charge in [-0.2, -0.15) is 0 Å². The van der Waals surface area contributed by atoms with Crippen molar-refractivity contribution in [2.45, 2.75) is 39.8 Å². The zero-order valence-electron chi connectivity index (χ0n) is 14.1.